The molecule has 1 unspecified atom stereocenters. The number of oxazole rings is 1. The number of piperidine rings is 1. The monoisotopic (exact) mass is 592 g/mol. The van der Waals surface area contributed by atoms with Gasteiger partial charge in [-0.05, 0) is 86.2 Å². The molecule has 1 saturated carbocycles. The van der Waals surface area contributed by atoms with Gasteiger partial charge < -0.3 is 24.6 Å². The second-order valence-electron chi connectivity index (χ2n) is 11.2. The Morgan fingerprint density at radius 2 is 1.90 bits per heavy atom. The van der Waals surface area contributed by atoms with Crippen molar-refractivity contribution in [1.29, 1.82) is 0 Å². The molecule has 0 amide bonds. The van der Waals surface area contributed by atoms with E-state index in [4.69, 9.17) is 54.1 Å². The zero-order chi connectivity index (χ0) is 27.7. The summed E-state index contributed by atoms with van der Waals surface area (Å²) in [4.78, 5) is 18.2. The number of hydrogen-bond acceptors (Lipinski definition) is 6. The number of nitrogens with one attached hydrogen (secondary N) is 1. The van der Waals surface area contributed by atoms with Crippen LogP contribution in [-0.4, -0.2) is 53.7 Å². The van der Waals surface area contributed by atoms with Gasteiger partial charge in [0.1, 0.15) is 5.52 Å². The zero-order valence-corrected chi connectivity index (χ0v) is 24.6. The summed E-state index contributed by atoms with van der Waals surface area (Å²) in [7, 11) is 0. The highest BCUT2D eigenvalue weighted by atomic mass is 35.5. The van der Waals surface area contributed by atoms with Crippen molar-refractivity contribution < 1.29 is 14.3 Å². The molecule has 3 fully saturated rings. The smallest absolute Gasteiger partial charge is 0.298 e. The number of halogens is 3. The van der Waals surface area contributed by atoms with E-state index in [-0.39, 0.29) is 6.47 Å². The Labute approximate surface area is 244 Å². The molecular formula is C29H35Cl3N4O3. The fourth-order valence-corrected chi connectivity index (χ4v) is 6.87. The Morgan fingerprint density at radius 3 is 2.59 bits per heavy atom. The lowest BCUT2D eigenvalue weighted by molar-refractivity contribution is -0.122. The lowest BCUT2D eigenvalue weighted by Gasteiger charge is -2.50. The number of benzene rings is 2. The van der Waals surface area contributed by atoms with Crippen molar-refractivity contribution in [3.05, 3.63) is 50.5 Å². The molecule has 3 aromatic rings. The number of fused-ring (bicyclic) bond motifs is 1. The van der Waals surface area contributed by atoms with E-state index in [1.807, 2.05) is 25.1 Å². The van der Waals surface area contributed by atoms with E-state index < -0.39 is 0 Å². The molecular weight excluding hydrogens is 559 g/mol. The molecule has 7 nitrogen and oxygen atoms in total. The van der Waals surface area contributed by atoms with Gasteiger partial charge in [-0.1, -0.05) is 47.8 Å². The van der Waals surface area contributed by atoms with Crippen LogP contribution in [0.2, 0.25) is 15.1 Å². The molecule has 0 bridgehead atoms. The van der Waals surface area contributed by atoms with Gasteiger partial charge >= 0.3 is 0 Å². The molecule has 1 aromatic heterocycles. The third-order valence-electron chi connectivity index (χ3n) is 8.46. The summed E-state index contributed by atoms with van der Waals surface area (Å²) in [6.45, 7) is 9.21. The predicted octanol–water partition coefficient (Wildman–Crippen LogP) is 7.36. The summed E-state index contributed by atoms with van der Waals surface area (Å²) in [5.74, 6) is 2.41. The Bertz CT molecular complexity index is 1320. The number of carboxylic acid groups (broad SMARTS) is 1. The van der Waals surface area contributed by atoms with Crippen molar-refractivity contribution in [3.63, 3.8) is 0 Å². The van der Waals surface area contributed by atoms with Crippen LogP contribution in [0.4, 0.5) is 11.7 Å². The molecule has 1 atom stereocenters. The quantitative estimate of drug-likeness (QED) is 0.289. The van der Waals surface area contributed by atoms with E-state index in [9.17, 15) is 0 Å². The first kappa shape index (κ1) is 28.3. The highest BCUT2D eigenvalue weighted by Crippen LogP contribution is 2.41. The van der Waals surface area contributed by atoms with Crippen LogP contribution < -0.4 is 10.2 Å². The first-order valence-corrected chi connectivity index (χ1v) is 14.7. The summed E-state index contributed by atoms with van der Waals surface area (Å²) < 4.78 is 6.31. The van der Waals surface area contributed by atoms with Gasteiger partial charge in [0.05, 0.1) is 10.7 Å². The van der Waals surface area contributed by atoms with Crippen molar-refractivity contribution in [2.24, 2.45) is 17.8 Å². The summed E-state index contributed by atoms with van der Waals surface area (Å²) in [6, 6.07) is 9.03. The third-order valence-corrected chi connectivity index (χ3v) is 9.53. The van der Waals surface area contributed by atoms with Crippen LogP contribution in [0.15, 0.2) is 28.7 Å². The topological polar surface area (TPSA) is 81.8 Å². The summed E-state index contributed by atoms with van der Waals surface area (Å²) in [6.07, 6.45) is 5.45. The summed E-state index contributed by atoms with van der Waals surface area (Å²) >= 11 is 19.1. The van der Waals surface area contributed by atoms with Gasteiger partial charge in [-0.3, -0.25) is 4.79 Å². The lowest BCUT2D eigenvalue weighted by Crippen LogP contribution is -2.56. The van der Waals surface area contributed by atoms with Gasteiger partial charge in [0.25, 0.3) is 12.5 Å². The number of likely N-dealkylation sites (tertiary alicyclic amines) is 1. The summed E-state index contributed by atoms with van der Waals surface area (Å²) in [5.41, 5.74) is 4.17. The third kappa shape index (κ3) is 6.12. The fraction of sp³-hybridized carbons (Fsp3) is 0.517. The van der Waals surface area contributed by atoms with Crippen LogP contribution in [0.1, 0.15) is 43.7 Å². The van der Waals surface area contributed by atoms with E-state index in [1.54, 1.807) is 6.07 Å². The van der Waals surface area contributed by atoms with Crippen molar-refractivity contribution in [1.82, 2.24) is 9.88 Å². The maximum absolute atomic E-state index is 8.36. The van der Waals surface area contributed by atoms with Crippen LogP contribution >= 0.6 is 34.8 Å². The van der Waals surface area contributed by atoms with E-state index in [0.717, 1.165) is 59.2 Å². The number of hydrogen-bond donors (Lipinski definition) is 2. The van der Waals surface area contributed by atoms with E-state index in [1.165, 1.54) is 38.8 Å². The lowest BCUT2D eigenvalue weighted by atomic mass is 9.76. The number of aryl methyl sites for hydroxylation is 1. The SMILES string of the molecule is Cc1cc2nc(N3CC(C4CCCN(C5CC(C)C5)C4)C3)oc2c(NCc2ccc(Cl)cc2Cl)c1Cl.O=CO. The molecule has 39 heavy (non-hydrogen) atoms. The molecule has 0 spiro atoms. The molecule has 3 aliphatic rings. The van der Waals surface area contributed by atoms with Gasteiger partial charge in [-0.2, -0.15) is 4.98 Å². The maximum atomic E-state index is 8.36. The van der Waals surface area contributed by atoms with E-state index >= 15 is 0 Å². The minimum atomic E-state index is -0.250. The Balaban J connectivity index is 0.000000983. The molecule has 0 radical (unpaired) electrons. The van der Waals surface area contributed by atoms with Gasteiger partial charge in [0, 0.05) is 42.3 Å². The predicted molar refractivity (Wildman–Crippen MR) is 158 cm³/mol. The second kappa shape index (κ2) is 12.1. The normalized spacial score (nSPS) is 23.5. The molecule has 1 aliphatic carbocycles. The highest BCUT2D eigenvalue weighted by molar-refractivity contribution is 6.36. The first-order chi connectivity index (χ1) is 18.8. The minimum absolute atomic E-state index is 0.250. The van der Waals surface area contributed by atoms with Crippen LogP contribution in [-0.2, 0) is 11.3 Å². The number of aromatic nitrogens is 1. The van der Waals surface area contributed by atoms with Crippen LogP contribution in [0.5, 0.6) is 0 Å². The van der Waals surface area contributed by atoms with Gasteiger partial charge in [-0.25, -0.2) is 0 Å². The molecule has 3 heterocycles. The minimum Gasteiger partial charge on any atom is -0.483 e. The van der Waals surface area contributed by atoms with Crippen molar-refractivity contribution >= 4 is 64.1 Å². The highest BCUT2D eigenvalue weighted by Gasteiger charge is 2.40. The fourth-order valence-electron chi connectivity index (χ4n) is 6.19. The largest absolute Gasteiger partial charge is 0.483 e. The standard InChI is InChI=1S/C28H33Cl3N4O.CH2O2/c1-16-8-22(9-16)34-7-3-4-19(13-34)20-14-35(15-20)28-33-24-10-17(2)25(31)26(27(24)36-28)32-12-18-5-6-21(29)11-23(18)30;2-1-3/h5-6,10-11,16,19-20,22,32H,3-4,7-9,12-15H2,1-2H3;1H,(H,2,3). The number of anilines is 2. The summed E-state index contributed by atoms with van der Waals surface area (Å²) in [5, 5.41) is 12.2. The van der Waals surface area contributed by atoms with Crippen LogP contribution in [0, 0.1) is 24.7 Å². The van der Waals surface area contributed by atoms with Gasteiger partial charge in [0.15, 0.2) is 5.58 Å². The Kier molecular flexibility index (Phi) is 8.82. The molecule has 210 valence electrons. The van der Waals surface area contributed by atoms with Gasteiger partial charge in [0.2, 0.25) is 0 Å². The molecule has 2 aromatic carbocycles. The van der Waals surface area contributed by atoms with E-state index in [0.29, 0.717) is 33.2 Å². The molecule has 2 N–H and O–H groups in total. The zero-order valence-electron chi connectivity index (χ0n) is 22.3. The molecule has 2 saturated heterocycles. The number of carbonyl (C=O) groups is 1. The molecule has 10 heteroatoms. The van der Waals surface area contributed by atoms with Gasteiger partial charge in [-0.15, -0.1) is 0 Å². The second-order valence-corrected chi connectivity index (χ2v) is 12.4. The maximum Gasteiger partial charge on any atom is 0.298 e. The number of rotatable bonds is 6. The molecule has 6 rings (SSSR count). The van der Waals surface area contributed by atoms with Crippen molar-refractivity contribution in [3.8, 4) is 0 Å². The Morgan fingerprint density at radius 1 is 1.15 bits per heavy atom. The van der Waals surface area contributed by atoms with Crippen molar-refractivity contribution in [2.45, 2.75) is 52.1 Å². The number of nitrogens with zero attached hydrogens (tertiary/aromatic N) is 3. The average Bonchev–Trinajstić information content (AvgIpc) is 3.26. The van der Waals surface area contributed by atoms with Crippen LogP contribution in [0.3, 0.4) is 0 Å². The first-order valence-electron chi connectivity index (χ1n) is 13.6. The Hall–Kier alpha value is -2.19. The van der Waals surface area contributed by atoms with Crippen LogP contribution in [0.25, 0.3) is 11.1 Å². The average molecular weight is 594 g/mol. The van der Waals surface area contributed by atoms with E-state index in [2.05, 4.69) is 22.0 Å². The molecule has 2 aliphatic heterocycles. The van der Waals surface area contributed by atoms with Crippen molar-refractivity contribution in [2.75, 3.05) is 36.4 Å².